The predicted molar refractivity (Wildman–Crippen MR) is 142 cm³/mol. The van der Waals surface area contributed by atoms with E-state index < -0.39 is 6.04 Å². The smallest absolute Gasteiger partial charge is 0.247 e. The molecule has 36 heavy (non-hydrogen) atoms. The predicted octanol–water partition coefficient (Wildman–Crippen LogP) is 5.42. The maximum atomic E-state index is 13.7. The zero-order chi connectivity index (χ0) is 26.1. The molecule has 2 aromatic carbocycles. The third kappa shape index (κ3) is 7.54. The van der Waals surface area contributed by atoms with Gasteiger partial charge >= 0.3 is 0 Å². The number of benzene rings is 2. The summed E-state index contributed by atoms with van der Waals surface area (Å²) in [6.07, 6.45) is 7.85. The van der Waals surface area contributed by atoms with Crippen molar-refractivity contribution in [1.82, 2.24) is 10.2 Å². The Morgan fingerprint density at radius 3 is 2.19 bits per heavy atom. The number of nitrogens with one attached hydrogen (secondary N) is 1. The Kier molecular flexibility index (Phi) is 9.86. The molecule has 1 unspecified atom stereocenters. The molecule has 0 radical (unpaired) electrons. The minimum Gasteiger partial charge on any atom is -0.497 e. The Morgan fingerprint density at radius 2 is 1.61 bits per heavy atom. The zero-order valence-corrected chi connectivity index (χ0v) is 21.8. The zero-order valence-electron chi connectivity index (χ0n) is 21.8. The number of ether oxygens (including phenoxy) is 1. The Labute approximate surface area is 214 Å². The van der Waals surface area contributed by atoms with Crippen LogP contribution in [0, 0.1) is 12.8 Å². The van der Waals surface area contributed by atoms with Crippen molar-refractivity contribution in [3.8, 4) is 5.75 Å². The van der Waals surface area contributed by atoms with Crippen molar-refractivity contribution in [2.75, 3.05) is 13.7 Å². The molecule has 1 aliphatic rings. The maximum absolute atomic E-state index is 13.7. The van der Waals surface area contributed by atoms with Gasteiger partial charge in [0.25, 0.3) is 0 Å². The van der Waals surface area contributed by atoms with Gasteiger partial charge in [-0.1, -0.05) is 75.1 Å². The number of carbonyl (C=O) groups is 3. The first-order chi connectivity index (χ1) is 17.3. The van der Waals surface area contributed by atoms with E-state index in [1.54, 1.807) is 36.3 Å². The van der Waals surface area contributed by atoms with Gasteiger partial charge in [-0.15, -0.1) is 0 Å². The average Bonchev–Trinajstić information content (AvgIpc) is 2.88. The molecule has 0 bridgehead atoms. The number of nitrogens with zero attached hydrogens (tertiary/aromatic N) is 1. The van der Waals surface area contributed by atoms with Crippen molar-refractivity contribution in [3.63, 3.8) is 0 Å². The van der Waals surface area contributed by atoms with Crippen LogP contribution >= 0.6 is 0 Å². The molecule has 0 aliphatic heterocycles. The van der Waals surface area contributed by atoms with E-state index in [1.807, 2.05) is 45.0 Å². The minimum atomic E-state index is -0.813. The quantitative estimate of drug-likeness (QED) is 0.357. The fraction of sp³-hybridized carbons (Fsp3) is 0.433. The van der Waals surface area contributed by atoms with Gasteiger partial charge in [0.15, 0.2) is 5.78 Å². The minimum absolute atomic E-state index is 0.113. The molecule has 0 saturated heterocycles. The van der Waals surface area contributed by atoms with E-state index in [4.69, 9.17) is 4.74 Å². The maximum Gasteiger partial charge on any atom is 0.247 e. The number of methoxy groups -OCH3 is 1. The largest absolute Gasteiger partial charge is 0.497 e. The van der Waals surface area contributed by atoms with Crippen LogP contribution in [0.1, 0.15) is 73.5 Å². The van der Waals surface area contributed by atoms with Gasteiger partial charge in [-0.3, -0.25) is 14.4 Å². The molecular weight excluding hydrogens is 452 g/mol. The third-order valence-electron chi connectivity index (χ3n) is 6.50. The molecule has 1 aliphatic carbocycles. The van der Waals surface area contributed by atoms with Crippen LogP contribution in [0.3, 0.4) is 0 Å². The van der Waals surface area contributed by atoms with E-state index in [-0.39, 0.29) is 29.6 Å². The number of hydrogen-bond donors (Lipinski definition) is 1. The fourth-order valence-corrected chi connectivity index (χ4v) is 4.56. The third-order valence-corrected chi connectivity index (χ3v) is 6.50. The summed E-state index contributed by atoms with van der Waals surface area (Å²) in [5.41, 5.74) is 2.28. The van der Waals surface area contributed by atoms with Crippen molar-refractivity contribution in [2.24, 2.45) is 5.92 Å². The molecule has 0 spiro atoms. The second-order valence-electron chi connectivity index (χ2n) is 9.97. The van der Waals surface area contributed by atoms with Gasteiger partial charge in [-0.2, -0.15) is 0 Å². The second kappa shape index (κ2) is 13.1. The number of carbonyl (C=O) groups excluding carboxylic acids is 3. The lowest BCUT2D eigenvalue weighted by Crippen LogP contribution is -2.47. The number of ketones is 1. The summed E-state index contributed by atoms with van der Waals surface area (Å²) in [5.74, 6) is -0.0162. The molecule has 1 fully saturated rings. The van der Waals surface area contributed by atoms with Crippen LogP contribution in [-0.2, 0) is 9.59 Å². The number of hydrogen-bond acceptors (Lipinski definition) is 4. The summed E-state index contributed by atoms with van der Waals surface area (Å²) >= 11 is 0. The molecule has 0 aromatic heterocycles. The van der Waals surface area contributed by atoms with Crippen LogP contribution in [0.15, 0.2) is 60.7 Å². The van der Waals surface area contributed by atoms with Crippen molar-refractivity contribution in [3.05, 3.63) is 77.4 Å². The Balaban J connectivity index is 1.90. The highest BCUT2D eigenvalue weighted by molar-refractivity contribution is 6.08. The fourth-order valence-electron chi connectivity index (χ4n) is 4.56. The molecule has 1 N–H and O–H groups in total. The molecule has 6 heteroatoms. The molecule has 2 amide bonds. The first-order valence-corrected chi connectivity index (χ1v) is 12.8. The van der Waals surface area contributed by atoms with E-state index in [9.17, 15) is 14.4 Å². The molecule has 3 rings (SSSR count). The number of rotatable bonds is 10. The standard InChI is InChI=1S/C30H38N2O4/c1-21(2)20-32(28(34)19-18-27(33)23-12-10-22(3)11-13-23)29(24-14-16-26(36-4)17-15-24)30(35)31-25-8-6-5-7-9-25/h10-19,21,25,29H,5-9,20H2,1-4H3,(H,31,35). The summed E-state index contributed by atoms with van der Waals surface area (Å²) < 4.78 is 5.29. The van der Waals surface area contributed by atoms with E-state index in [1.165, 1.54) is 18.6 Å². The summed E-state index contributed by atoms with van der Waals surface area (Å²) in [4.78, 5) is 41.4. The van der Waals surface area contributed by atoms with Crippen LogP contribution in [0.4, 0.5) is 0 Å². The molecule has 192 valence electrons. The highest BCUT2D eigenvalue weighted by Crippen LogP contribution is 2.27. The molecule has 6 nitrogen and oxygen atoms in total. The lowest BCUT2D eigenvalue weighted by Gasteiger charge is -2.34. The number of amides is 2. The van der Waals surface area contributed by atoms with E-state index in [0.29, 0.717) is 23.4 Å². The van der Waals surface area contributed by atoms with Gasteiger partial charge in [-0.25, -0.2) is 0 Å². The monoisotopic (exact) mass is 490 g/mol. The summed E-state index contributed by atoms with van der Waals surface area (Å²) in [5, 5.41) is 3.20. The Morgan fingerprint density at radius 1 is 0.972 bits per heavy atom. The van der Waals surface area contributed by atoms with Crippen LogP contribution in [0.5, 0.6) is 5.75 Å². The van der Waals surface area contributed by atoms with Gasteiger partial charge in [0.05, 0.1) is 7.11 Å². The van der Waals surface area contributed by atoms with E-state index >= 15 is 0 Å². The SMILES string of the molecule is COc1ccc(C(C(=O)NC2CCCCC2)N(CC(C)C)C(=O)C=CC(=O)c2ccc(C)cc2)cc1. The normalized spacial score (nSPS) is 15.0. The number of allylic oxidation sites excluding steroid dienone is 1. The van der Waals surface area contributed by atoms with Gasteiger partial charge in [0.1, 0.15) is 11.8 Å². The van der Waals surface area contributed by atoms with Gasteiger partial charge in [0.2, 0.25) is 11.8 Å². The highest BCUT2D eigenvalue weighted by Gasteiger charge is 2.32. The lowest BCUT2D eigenvalue weighted by atomic mass is 9.94. The van der Waals surface area contributed by atoms with E-state index in [0.717, 1.165) is 31.2 Å². The van der Waals surface area contributed by atoms with Crippen molar-refractivity contribution in [1.29, 1.82) is 0 Å². The second-order valence-corrected chi connectivity index (χ2v) is 9.97. The van der Waals surface area contributed by atoms with Crippen LogP contribution in [0.2, 0.25) is 0 Å². The van der Waals surface area contributed by atoms with Gasteiger partial charge < -0.3 is 15.0 Å². The first-order valence-electron chi connectivity index (χ1n) is 12.8. The molecule has 1 saturated carbocycles. The Hall–Kier alpha value is -3.41. The van der Waals surface area contributed by atoms with E-state index in [2.05, 4.69) is 5.32 Å². The van der Waals surface area contributed by atoms with Crippen LogP contribution < -0.4 is 10.1 Å². The summed E-state index contributed by atoms with van der Waals surface area (Å²) in [6, 6.07) is 13.8. The lowest BCUT2D eigenvalue weighted by molar-refractivity contribution is -0.138. The molecule has 0 heterocycles. The topological polar surface area (TPSA) is 75.7 Å². The summed E-state index contributed by atoms with van der Waals surface area (Å²) in [7, 11) is 1.59. The van der Waals surface area contributed by atoms with Crippen molar-refractivity contribution in [2.45, 2.75) is 65.0 Å². The van der Waals surface area contributed by atoms with Gasteiger partial charge in [0, 0.05) is 24.2 Å². The summed E-state index contributed by atoms with van der Waals surface area (Å²) in [6.45, 7) is 6.34. The van der Waals surface area contributed by atoms with Crippen molar-refractivity contribution >= 4 is 17.6 Å². The molecule has 1 atom stereocenters. The molecule has 2 aromatic rings. The Bertz CT molecular complexity index is 1050. The van der Waals surface area contributed by atoms with Crippen LogP contribution in [0.25, 0.3) is 0 Å². The molecular formula is C30H38N2O4. The van der Waals surface area contributed by atoms with Gasteiger partial charge in [-0.05, 0) is 49.5 Å². The van der Waals surface area contributed by atoms with Crippen LogP contribution in [-0.4, -0.2) is 42.2 Å². The number of aryl methyl sites for hydroxylation is 1. The average molecular weight is 491 g/mol. The highest BCUT2D eigenvalue weighted by atomic mass is 16.5. The van der Waals surface area contributed by atoms with Crippen molar-refractivity contribution < 1.29 is 19.1 Å². The first kappa shape index (κ1) is 27.2.